The number of carboxylic acids is 1. The van der Waals surface area contributed by atoms with Crippen molar-refractivity contribution in [3.05, 3.63) is 41.0 Å². The Morgan fingerprint density at radius 1 is 1.32 bits per heavy atom. The molecule has 0 radical (unpaired) electrons. The molecular formula is C12H9F3O4. The van der Waals surface area contributed by atoms with Gasteiger partial charge in [0.2, 0.25) is 0 Å². The molecule has 19 heavy (non-hydrogen) atoms. The fourth-order valence-electron chi connectivity index (χ4n) is 1.41. The second-order valence-corrected chi connectivity index (χ2v) is 3.43. The van der Waals surface area contributed by atoms with Gasteiger partial charge in [0.15, 0.2) is 0 Å². The number of methoxy groups -OCH3 is 1. The van der Waals surface area contributed by atoms with Gasteiger partial charge in [-0.1, -0.05) is 12.1 Å². The lowest BCUT2D eigenvalue weighted by Gasteiger charge is -2.12. The molecule has 0 atom stereocenters. The van der Waals surface area contributed by atoms with E-state index in [-0.39, 0.29) is 5.56 Å². The molecule has 0 heterocycles. The Morgan fingerprint density at radius 3 is 2.42 bits per heavy atom. The van der Waals surface area contributed by atoms with E-state index in [0.717, 1.165) is 31.4 Å². The van der Waals surface area contributed by atoms with Crippen molar-refractivity contribution < 1.29 is 32.6 Å². The van der Waals surface area contributed by atoms with E-state index in [1.54, 1.807) is 0 Å². The second kappa shape index (κ2) is 5.55. The van der Waals surface area contributed by atoms with Crippen LogP contribution < -0.4 is 0 Å². The van der Waals surface area contributed by atoms with E-state index < -0.39 is 29.2 Å². The first-order valence-electron chi connectivity index (χ1n) is 4.97. The normalized spacial score (nSPS) is 11.6. The summed E-state index contributed by atoms with van der Waals surface area (Å²) >= 11 is 0. The van der Waals surface area contributed by atoms with Crippen LogP contribution in [0.3, 0.4) is 0 Å². The molecule has 0 aliphatic carbocycles. The lowest BCUT2D eigenvalue weighted by molar-refractivity contribution is -0.138. The van der Waals surface area contributed by atoms with Gasteiger partial charge in [-0.2, -0.15) is 13.2 Å². The van der Waals surface area contributed by atoms with Gasteiger partial charge in [0.1, 0.15) is 0 Å². The molecule has 0 saturated carbocycles. The minimum atomic E-state index is -4.79. The van der Waals surface area contributed by atoms with Gasteiger partial charge in [-0.15, -0.1) is 0 Å². The summed E-state index contributed by atoms with van der Waals surface area (Å²) in [6.07, 6.45) is -2.98. The van der Waals surface area contributed by atoms with Crippen LogP contribution in [0.15, 0.2) is 24.3 Å². The highest BCUT2D eigenvalue weighted by Gasteiger charge is 2.36. The summed E-state index contributed by atoms with van der Waals surface area (Å²) in [6, 6.07) is 2.89. The molecule has 0 spiro atoms. The van der Waals surface area contributed by atoms with E-state index in [2.05, 4.69) is 4.74 Å². The Hall–Kier alpha value is -2.31. The zero-order valence-electron chi connectivity index (χ0n) is 9.69. The van der Waals surface area contributed by atoms with Crippen molar-refractivity contribution in [2.24, 2.45) is 0 Å². The maximum absolute atomic E-state index is 12.7. The zero-order valence-corrected chi connectivity index (χ0v) is 9.69. The van der Waals surface area contributed by atoms with Gasteiger partial charge in [-0.3, -0.25) is 0 Å². The average Bonchev–Trinajstić information content (AvgIpc) is 2.34. The van der Waals surface area contributed by atoms with E-state index in [1.807, 2.05) is 0 Å². The number of carboxylic acid groups (broad SMARTS) is 1. The number of benzene rings is 1. The van der Waals surface area contributed by atoms with E-state index in [1.165, 1.54) is 0 Å². The number of esters is 1. The maximum atomic E-state index is 12.7. The van der Waals surface area contributed by atoms with Gasteiger partial charge in [0.05, 0.1) is 18.2 Å². The molecule has 0 fully saturated rings. The predicted octanol–water partition coefficient (Wildman–Crippen LogP) is 2.59. The third kappa shape index (κ3) is 3.57. The standard InChI is InChI=1S/C12H9F3O4/c1-19-9(16)6-5-7-3-2-4-8(12(13,14)15)10(7)11(17)18/h2-6H,1H3,(H,17,18). The molecule has 1 N–H and O–H groups in total. The number of halogens is 3. The Labute approximate surface area is 106 Å². The Kier molecular flexibility index (Phi) is 4.31. The fraction of sp³-hybridized carbons (Fsp3) is 0.167. The third-order valence-corrected chi connectivity index (χ3v) is 2.22. The molecule has 7 heteroatoms. The minimum absolute atomic E-state index is 0.229. The van der Waals surface area contributed by atoms with E-state index in [9.17, 15) is 22.8 Å². The number of hydrogen-bond acceptors (Lipinski definition) is 3. The molecular weight excluding hydrogens is 265 g/mol. The van der Waals surface area contributed by atoms with Crippen LogP contribution >= 0.6 is 0 Å². The van der Waals surface area contributed by atoms with Crippen molar-refractivity contribution >= 4 is 18.0 Å². The molecule has 1 aromatic rings. The number of carbonyl (C=O) groups excluding carboxylic acids is 1. The van der Waals surface area contributed by atoms with Crippen LogP contribution in [0.2, 0.25) is 0 Å². The second-order valence-electron chi connectivity index (χ2n) is 3.43. The molecule has 0 unspecified atom stereocenters. The summed E-state index contributed by atoms with van der Waals surface area (Å²) in [5.74, 6) is -2.52. The van der Waals surface area contributed by atoms with Crippen LogP contribution in [-0.4, -0.2) is 24.2 Å². The molecule has 0 bridgehead atoms. The smallest absolute Gasteiger partial charge is 0.417 e. The molecule has 0 aliphatic heterocycles. The van der Waals surface area contributed by atoms with Crippen molar-refractivity contribution in [3.63, 3.8) is 0 Å². The Balaban J connectivity index is 3.37. The monoisotopic (exact) mass is 274 g/mol. The van der Waals surface area contributed by atoms with Crippen LogP contribution in [0.4, 0.5) is 13.2 Å². The van der Waals surface area contributed by atoms with E-state index in [0.29, 0.717) is 6.07 Å². The first-order chi connectivity index (χ1) is 8.77. The molecule has 0 aliphatic rings. The van der Waals surface area contributed by atoms with Crippen molar-refractivity contribution in [1.29, 1.82) is 0 Å². The fourth-order valence-corrected chi connectivity index (χ4v) is 1.41. The summed E-state index contributed by atoms with van der Waals surface area (Å²) in [6.45, 7) is 0. The van der Waals surface area contributed by atoms with Crippen molar-refractivity contribution in [3.8, 4) is 0 Å². The number of aromatic carboxylic acids is 1. The third-order valence-electron chi connectivity index (χ3n) is 2.22. The highest BCUT2D eigenvalue weighted by atomic mass is 19.4. The molecule has 4 nitrogen and oxygen atoms in total. The van der Waals surface area contributed by atoms with Crippen LogP contribution in [0.25, 0.3) is 6.08 Å². The van der Waals surface area contributed by atoms with E-state index in [4.69, 9.17) is 5.11 Å². The lowest BCUT2D eigenvalue weighted by Crippen LogP contribution is -2.14. The highest BCUT2D eigenvalue weighted by molar-refractivity contribution is 5.96. The van der Waals surface area contributed by atoms with Gasteiger partial charge < -0.3 is 9.84 Å². The number of ether oxygens (including phenoxy) is 1. The largest absolute Gasteiger partial charge is 0.478 e. The topological polar surface area (TPSA) is 63.6 Å². The van der Waals surface area contributed by atoms with Crippen LogP contribution in [0.5, 0.6) is 0 Å². The highest BCUT2D eigenvalue weighted by Crippen LogP contribution is 2.33. The molecule has 102 valence electrons. The Bertz CT molecular complexity index is 532. The summed E-state index contributed by atoms with van der Waals surface area (Å²) in [5, 5.41) is 8.88. The van der Waals surface area contributed by atoms with Crippen LogP contribution in [0.1, 0.15) is 21.5 Å². The lowest BCUT2D eigenvalue weighted by atomic mass is 10.00. The van der Waals surface area contributed by atoms with Gasteiger partial charge in [0, 0.05) is 6.08 Å². The number of carbonyl (C=O) groups is 2. The maximum Gasteiger partial charge on any atom is 0.417 e. The first-order valence-corrected chi connectivity index (χ1v) is 4.97. The first kappa shape index (κ1) is 14.7. The van der Waals surface area contributed by atoms with Crippen LogP contribution in [0, 0.1) is 0 Å². The summed E-state index contributed by atoms with van der Waals surface area (Å²) < 4.78 is 42.3. The van der Waals surface area contributed by atoms with Gasteiger partial charge >= 0.3 is 18.1 Å². The SMILES string of the molecule is COC(=O)C=Cc1cccc(C(F)(F)F)c1C(=O)O. The quantitative estimate of drug-likeness (QED) is 0.679. The van der Waals surface area contributed by atoms with E-state index >= 15 is 0 Å². The summed E-state index contributed by atoms with van der Waals surface area (Å²) in [5.41, 5.74) is -2.41. The molecule has 1 aromatic carbocycles. The average molecular weight is 274 g/mol. The van der Waals surface area contributed by atoms with Gasteiger partial charge in [-0.25, -0.2) is 9.59 Å². The summed E-state index contributed by atoms with van der Waals surface area (Å²) in [7, 11) is 1.09. The molecule has 1 rings (SSSR count). The summed E-state index contributed by atoms with van der Waals surface area (Å²) in [4.78, 5) is 21.8. The molecule has 0 aromatic heterocycles. The number of alkyl halides is 3. The number of rotatable bonds is 3. The zero-order chi connectivity index (χ0) is 14.6. The molecule has 0 amide bonds. The predicted molar refractivity (Wildman–Crippen MR) is 59.5 cm³/mol. The van der Waals surface area contributed by atoms with Gasteiger partial charge in [0.25, 0.3) is 0 Å². The minimum Gasteiger partial charge on any atom is -0.478 e. The number of hydrogen-bond donors (Lipinski definition) is 1. The Morgan fingerprint density at radius 2 is 1.95 bits per heavy atom. The van der Waals surface area contributed by atoms with Crippen molar-refractivity contribution in [1.82, 2.24) is 0 Å². The molecule has 0 saturated heterocycles. The van der Waals surface area contributed by atoms with Crippen molar-refractivity contribution in [2.75, 3.05) is 7.11 Å². The van der Waals surface area contributed by atoms with Crippen molar-refractivity contribution in [2.45, 2.75) is 6.18 Å². The van der Waals surface area contributed by atoms with Gasteiger partial charge in [-0.05, 0) is 17.7 Å². The van der Waals surface area contributed by atoms with Crippen LogP contribution in [-0.2, 0) is 15.7 Å².